The molecule has 0 amide bonds. The first-order valence-corrected chi connectivity index (χ1v) is 10.5. The van der Waals surface area contributed by atoms with Gasteiger partial charge in [0.2, 0.25) is 5.09 Å². The molecule has 2 aromatic rings. The summed E-state index contributed by atoms with van der Waals surface area (Å²) in [5.41, 5.74) is -1.43. The Hall–Kier alpha value is -1.96. The van der Waals surface area contributed by atoms with Gasteiger partial charge < -0.3 is 4.42 Å². The molecule has 144 valence electrons. The van der Waals surface area contributed by atoms with Crippen molar-refractivity contribution in [3.63, 3.8) is 0 Å². The second-order valence-electron chi connectivity index (χ2n) is 5.94. The number of alkyl halides is 3. The van der Waals surface area contributed by atoms with Crippen molar-refractivity contribution >= 4 is 21.8 Å². The summed E-state index contributed by atoms with van der Waals surface area (Å²) in [6, 6.07) is 7.85. The lowest BCUT2D eigenvalue weighted by Crippen LogP contribution is -2.27. The lowest BCUT2D eigenvalue weighted by molar-refractivity contribution is -0.137. The average molecular weight is 416 g/mol. The maximum atomic E-state index is 13.0. The van der Waals surface area contributed by atoms with Gasteiger partial charge in [0.25, 0.3) is 10.0 Å². The van der Waals surface area contributed by atoms with Crippen molar-refractivity contribution in [1.82, 2.24) is 4.31 Å². The Bertz CT molecular complexity index is 972. The van der Waals surface area contributed by atoms with E-state index in [1.165, 1.54) is 28.6 Å². The zero-order valence-electron chi connectivity index (χ0n) is 14.0. The number of benzene rings is 1. The zero-order chi connectivity index (χ0) is 19.7. The summed E-state index contributed by atoms with van der Waals surface area (Å²) in [4.78, 5) is 0.307. The molecule has 0 atom stereocenters. The molecule has 10 heteroatoms. The van der Waals surface area contributed by atoms with E-state index in [0.717, 1.165) is 36.7 Å². The molecule has 2 heterocycles. The summed E-state index contributed by atoms with van der Waals surface area (Å²) in [7, 11) is -3.66. The Morgan fingerprint density at radius 2 is 1.89 bits per heavy atom. The second-order valence-corrected chi connectivity index (χ2v) is 8.86. The Morgan fingerprint density at radius 3 is 2.52 bits per heavy atom. The molecule has 0 radical (unpaired) electrons. The Balaban J connectivity index is 1.73. The van der Waals surface area contributed by atoms with Gasteiger partial charge in [0.15, 0.2) is 0 Å². The summed E-state index contributed by atoms with van der Waals surface area (Å²) >= 11 is 1.07. The van der Waals surface area contributed by atoms with Crippen LogP contribution in [0.15, 0.2) is 44.7 Å². The van der Waals surface area contributed by atoms with E-state index in [1.807, 2.05) is 0 Å². The van der Waals surface area contributed by atoms with Crippen molar-refractivity contribution in [2.45, 2.75) is 34.8 Å². The fraction of sp³-hybridized carbons (Fsp3) is 0.353. The Kier molecular flexibility index (Phi) is 5.55. The quantitative estimate of drug-likeness (QED) is 0.682. The van der Waals surface area contributed by atoms with E-state index >= 15 is 0 Å². The molecule has 0 bridgehead atoms. The molecular formula is C17H15F3N2O3S2. The van der Waals surface area contributed by atoms with E-state index < -0.39 is 27.3 Å². The molecule has 1 aromatic heterocycles. The number of sulfonamides is 1. The summed E-state index contributed by atoms with van der Waals surface area (Å²) in [5, 5.41) is 8.66. The van der Waals surface area contributed by atoms with Gasteiger partial charge in [-0.3, -0.25) is 0 Å². The smallest absolute Gasteiger partial charge is 0.417 e. The SMILES string of the molecule is N#Cc1ccc(SCc2ccc(S(=O)(=O)N3CCCC3)o2)cc1C(F)(F)F. The molecule has 0 spiro atoms. The number of rotatable bonds is 5. The zero-order valence-corrected chi connectivity index (χ0v) is 15.6. The molecule has 1 saturated heterocycles. The van der Waals surface area contributed by atoms with Crippen LogP contribution in [0.1, 0.15) is 29.7 Å². The van der Waals surface area contributed by atoms with Gasteiger partial charge in [-0.15, -0.1) is 11.8 Å². The first kappa shape index (κ1) is 19.8. The number of hydrogen-bond donors (Lipinski definition) is 0. The molecule has 1 fully saturated rings. The maximum Gasteiger partial charge on any atom is 0.417 e. The van der Waals surface area contributed by atoms with Crippen molar-refractivity contribution in [3.8, 4) is 6.07 Å². The lowest BCUT2D eigenvalue weighted by atomic mass is 10.1. The van der Waals surface area contributed by atoms with E-state index in [1.54, 1.807) is 0 Å². The van der Waals surface area contributed by atoms with Gasteiger partial charge in [-0.2, -0.15) is 22.7 Å². The molecule has 1 aromatic carbocycles. The van der Waals surface area contributed by atoms with Crippen molar-refractivity contribution in [3.05, 3.63) is 47.2 Å². The van der Waals surface area contributed by atoms with Gasteiger partial charge in [-0.25, -0.2) is 8.42 Å². The van der Waals surface area contributed by atoms with Gasteiger partial charge in [0.1, 0.15) is 5.76 Å². The molecule has 27 heavy (non-hydrogen) atoms. The molecule has 0 aliphatic carbocycles. The van der Waals surface area contributed by atoms with Crippen LogP contribution in [-0.2, 0) is 22.0 Å². The summed E-state index contributed by atoms with van der Waals surface area (Å²) in [6.07, 6.45) is -3.00. The number of furan rings is 1. The van der Waals surface area contributed by atoms with E-state index in [-0.39, 0.29) is 10.8 Å². The third kappa shape index (κ3) is 4.31. The van der Waals surface area contributed by atoms with Crippen molar-refractivity contribution < 1.29 is 26.0 Å². The predicted octanol–water partition coefficient (Wildman–Crippen LogP) is 4.25. The summed E-state index contributed by atoms with van der Waals surface area (Å²) in [5.74, 6) is 0.509. The first-order chi connectivity index (χ1) is 12.7. The van der Waals surface area contributed by atoms with Gasteiger partial charge >= 0.3 is 6.18 Å². The van der Waals surface area contributed by atoms with Crippen molar-refractivity contribution in [2.24, 2.45) is 0 Å². The number of halogens is 3. The fourth-order valence-corrected chi connectivity index (χ4v) is 5.01. The van der Waals surface area contributed by atoms with E-state index in [2.05, 4.69) is 0 Å². The van der Waals surface area contributed by atoms with Gasteiger partial charge in [-0.1, -0.05) is 0 Å². The first-order valence-electron chi connectivity index (χ1n) is 8.05. The fourth-order valence-electron chi connectivity index (χ4n) is 2.73. The highest BCUT2D eigenvalue weighted by atomic mass is 32.2. The van der Waals surface area contributed by atoms with Gasteiger partial charge in [0, 0.05) is 18.0 Å². The normalized spacial score (nSPS) is 15.8. The molecule has 1 aliphatic heterocycles. The van der Waals surface area contributed by atoms with Crippen LogP contribution >= 0.6 is 11.8 Å². The maximum absolute atomic E-state index is 13.0. The van der Waals surface area contributed by atoms with Crippen LogP contribution in [0.5, 0.6) is 0 Å². The molecule has 5 nitrogen and oxygen atoms in total. The molecular weight excluding hydrogens is 401 g/mol. The minimum Gasteiger partial charge on any atom is -0.447 e. The third-order valence-electron chi connectivity index (χ3n) is 4.09. The van der Waals surface area contributed by atoms with Crippen molar-refractivity contribution in [2.75, 3.05) is 13.1 Å². The molecule has 0 saturated carbocycles. The number of nitrogens with zero attached hydrogens (tertiary/aromatic N) is 2. The van der Waals surface area contributed by atoms with Crippen LogP contribution in [-0.4, -0.2) is 25.8 Å². The molecule has 0 N–H and O–H groups in total. The van der Waals surface area contributed by atoms with E-state index in [4.69, 9.17) is 9.68 Å². The highest BCUT2D eigenvalue weighted by molar-refractivity contribution is 7.98. The predicted molar refractivity (Wildman–Crippen MR) is 92.4 cm³/mol. The summed E-state index contributed by atoms with van der Waals surface area (Å²) in [6.45, 7) is 0.914. The highest BCUT2D eigenvalue weighted by Crippen LogP contribution is 2.35. The lowest BCUT2D eigenvalue weighted by Gasteiger charge is -2.12. The second kappa shape index (κ2) is 7.58. The Morgan fingerprint density at radius 1 is 1.19 bits per heavy atom. The van der Waals surface area contributed by atoms with Crippen molar-refractivity contribution in [1.29, 1.82) is 5.26 Å². The highest BCUT2D eigenvalue weighted by Gasteiger charge is 2.34. The molecule has 1 aliphatic rings. The Labute approximate surface area is 158 Å². The van der Waals surface area contributed by atoms with E-state index in [9.17, 15) is 21.6 Å². The van der Waals surface area contributed by atoms with Gasteiger partial charge in [0.05, 0.1) is 22.9 Å². The minimum absolute atomic E-state index is 0.157. The summed E-state index contributed by atoms with van der Waals surface area (Å²) < 4.78 is 70.6. The molecule has 0 unspecified atom stereocenters. The van der Waals surface area contributed by atoms with Crippen LogP contribution < -0.4 is 0 Å². The molecule has 3 rings (SSSR count). The third-order valence-corrected chi connectivity index (χ3v) is 6.88. The number of hydrogen-bond acceptors (Lipinski definition) is 5. The monoisotopic (exact) mass is 416 g/mol. The standard InChI is InChI=1S/C17H15F3N2O3S2/c18-17(19,20)15-9-14(5-3-12(15)10-21)26-11-13-4-6-16(25-13)27(23,24)22-7-1-2-8-22/h3-6,9H,1-2,7-8,11H2. The van der Waals surface area contributed by atoms with Crippen LogP contribution in [0.2, 0.25) is 0 Å². The van der Waals surface area contributed by atoms with Crippen LogP contribution in [0.4, 0.5) is 13.2 Å². The average Bonchev–Trinajstić information content (AvgIpc) is 3.31. The van der Waals surface area contributed by atoms with Gasteiger partial charge in [-0.05, 0) is 43.2 Å². The number of nitriles is 1. The number of thioether (sulfide) groups is 1. The van der Waals surface area contributed by atoms with Crippen LogP contribution in [0.25, 0.3) is 0 Å². The topological polar surface area (TPSA) is 74.3 Å². The minimum atomic E-state index is -4.62. The van der Waals surface area contributed by atoms with E-state index in [0.29, 0.717) is 23.7 Å². The van der Waals surface area contributed by atoms with Crippen LogP contribution in [0, 0.1) is 11.3 Å². The largest absolute Gasteiger partial charge is 0.447 e. The van der Waals surface area contributed by atoms with Crippen LogP contribution in [0.3, 0.4) is 0 Å².